The highest BCUT2D eigenvalue weighted by molar-refractivity contribution is 5.98. The van der Waals surface area contributed by atoms with Crippen molar-refractivity contribution in [3.8, 4) is 5.75 Å². The average molecular weight is 380 g/mol. The summed E-state index contributed by atoms with van der Waals surface area (Å²) in [5.41, 5.74) is 2.59. The van der Waals surface area contributed by atoms with Gasteiger partial charge in [0, 0.05) is 41.9 Å². The first-order chi connectivity index (χ1) is 13.6. The summed E-state index contributed by atoms with van der Waals surface area (Å²) in [4.78, 5) is 24.0. The average Bonchev–Trinajstić information content (AvgIpc) is 3.18. The number of carbonyl (C=O) groups is 1. The Kier molecular flexibility index (Phi) is 6.46. The number of hydrogen-bond donors (Lipinski definition) is 4. The van der Waals surface area contributed by atoms with Gasteiger partial charge in [-0.05, 0) is 44.0 Å². The first-order valence-electron chi connectivity index (χ1n) is 9.06. The molecule has 146 valence electrons. The SMILES string of the molecule is COc1cccc(NC(=O)Nc2nc(C)cc(NCCCc3ccc[nH]3)n2)c1. The van der Waals surface area contributed by atoms with Gasteiger partial charge in [0.15, 0.2) is 0 Å². The molecular weight excluding hydrogens is 356 g/mol. The number of nitrogens with one attached hydrogen (secondary N) is 4. The fourth-order valence-electron chi connectivity index (χ4n) is 2.70. The first-order valence-corrected chi connectivity index (χ1v) is 9.06. The number of rotatable bonds is 8. The molecule has 4 N–H and O–H groups in total. The highest BCUT2D eigenvalue weighted by atomic mass is 16.5. The first kappa shape index (κ1) is 19.2. The number of ether oxygens (including phenoxy) is 1. The van der Waals surface area contributed by atoms with Crippen LogP contribution in [0, 0.1) is 6.92 Å². The van der Waals surface area contributed by atoms with Gasteiger partial charge in [0.2, 0.25) is 5.95 Å². The van der Waals surface area contributed by atoms with E-state index in [0.717, 1.165) is 25.1 Å². The predicted octanol–water partition coefficient (Wildman–Crippen LogP) is 3.81. The maximum atomic E-state index is 12.2. The molecule has 0 spiro atoms. The van der Waals surface area contributed by atoms with Crippen LogP contribution in [0.25, 0.3) is 0 Å². The number of aromatic nitrogens is 3. The normalized spacial score (nSPS) is 10.4. The van der Waals surface area contributed by atoms with E-state index in [1.165, 1.54) is 5.69 Å². The Morgan fingerprint density at radius 1 is 1.14 bits per heavy atom. The molecule has 2 amide bonds. The lowest BCUT2D eigenvalue weighted by Crippen LogP contribution is -2.21. The topological polar surface area (TPSA) is 104 Å². The number of hydrogen-bond acceptors (Lipinski definition) is 5. The summed E-state index contributed by atoms with van der Waals surface area (Å²) in [6, 6.07) is 12.6. The molecule has 2 heterocycles. The summed E-state index contributed by atoms with van der Waals surface area (Å²) >= 11 is 0. The number of urea groups is 1. The number of anilines is 3. The third kappa shape index (κ3) is 5.73. The minimum Gasteiger partial charge on any atom is -0.497 e. The zero-order valence-corrected chi connectivity index (χ0v) is 16.0. The van der Waals surface area contributed by atoms with Crippen molar-refractivity contribution in [2.24, 2.45) is 0 Å². The third-order valence-electron chi connectivity index (χ3n) is 4.00. The Morgan fingerprint density at radius 3 is 2.82 bits per heavy atom. The number of aromatic amines is 1. The molecule has 3 rings (SSSR count). The van der Waals surface area contributed by atoms with E-state index in [2.05, 4.69) is 37.0 Å². The summed E-state index contributed by atoms with van der Waals surface area (Å²) in [6.45, 7) is 2.63. The van der Waals surface area contributed by atoms with Crippen LogP contribution in [0.15, 0.2) is 48.7 Å². The Balaban J connectivity index is 1.53. The van der Waals surface area contributed by atoms with Crippen LogP contribution in [0.2, 0.25) is 0 Å². The molecule has 0 aliphatic rings. The molecule has 2 aromatic heterocycles. The van der Waals surface area contributed by atoms with Crippen LogP contribution >= 0.6 is 0 Å². The Bertz CT molecular complexity index is 911. The number of benzene rings is 1. The van der Waals surface area contributed by atoms with Gasteiger partial charge in [-0.15, -0.1) is 0 Å². The van der Waals surface area contributed by atoms with E-state index in [0.29, 0.717) is 17.3 Å². The molecule has 0 radical (unpaired) electrons. The van der Waals surface area contributed by atoms with E-state index in [9.17, 15) is 4.79 Å². The van der Waals surface area contributed by atoms with Gasteiger partial charge in [0.1, 0.15) is 11.6 Å². The standard InChI is InChI=1S/C20H24N6O2/c1-14-12-18(22-11-5-8-15-7-4-10-21-15)25-19(23-14)26-20(27)24-16-6-3-9-17(13-16)28-2/h3-4,6-7,9-10,12-13,21H,5,8,11H2,1-2H3,(H3,22,23,24,25,26,27). The quantitative estimate of drug-likeness (QED) is 0.445. The molecule has 0 aliphatic carbocycles. The van der Waals surface area contributed by atoms with E-state index in [1.54, 1.807) is 31.4 Å². The van der Waals surface area contributed by atoms with Crippen molar-refractivity contribution in [2.75, 3.05) is 29.6 Å². The summed E-state index contributed by atoms with van der Waals surface area (Å²) in [6.07, 6.45) is 3.84. The molecule has 28 heavy (non-hydrogen) atoms. The van der Waals surface area contributed by atoms with Crippen LogP contribution in [0.5, 0.6) is 5.75 Å². The Hall–Kier alpha value is -3.55. The Labute approximate surface area is 163 Å². The maximum Gasteiger partial charge on any atom is 0.326 e. The van der Waals surface area contributed by atoms with Crippen LogP contribution < -0.4 is 20.7 Å². The Morgan fingerprint density at radius 2 is 2.04 bits per heavy atom. The van der Waals surface area contributed by atoms with Gasteiger partial charge in [-0.3, -0.25) is 5.32 Å². The number of carbonyl (C=O) groups excluding carboxylic acids is 1. The van der Waals surface area contributed by atoms with Crippen LogP contribution in [0.3, 0.4) is 0 Å². The van der Waals surface area contributed by atoms with Crippen LogP contribution in [-0.4, -0.2) is 34.6 Å². The molecule has 8 heteroatoms. The molecule has 0 unspecified atom stereocenters. The van der Waals surface area contributed by atoms with E-state index in [1.807, 2.05) is 25.3 Å². The van der Waals surface area contributed by atoms with E-state index in [4.69, 9.17) is 4.74 Å². The molecule has 8 nitrogen and oxygen atoms in total. The zero-order chi connectivity index (χ0) is 19.8. The number of H-pyrrole nitrogens is 1. The molecular formula is C20H24N6O2. The van der Waals surface area contributed by atoms with Gasteiger partial charge in [0.25, 0.3) is 0 Å². The second kappa shape index (κ2) is 9.40. The molecule has 0 bridgehead atoms. The van der Waals surface area contributed by atoms with Crippen molar-refractivity contribution in [3.05, 3.63) is 60.0 Å². The smallest absolute Gasteiger partial charge is 0.326 e. The molecule has 0 fully saturated rings. The van der Waals surface area contributed by atoms with Crippen LogP contribution in [0.4, 0.5) is 22.2 Å². The molecule has 0 saturated carbocycles. The van der Waals surface area contributed by atoms with Crippen molar-refractivity contribution in [2.45, 2.75) is 19.8 Å². The van der Waals surface area contributed by atoms with Gasteiger partial charge in [-0.1, -0.05) is 6.07 Å². The van der Waals surface area contributed by atoms with Gasteiger partial charge in [-0.25, -0.2) is 9.78 Å². The van der Waals surface area contributed by atoms with Gasteiger partial charge in [-0.2, -0.15) is 4.98 Å². The summed E-state index contributed by atoms with van der Waals surface area (Å²) < 4.78 is 5.15. The largest absolute Gasteiger partial charge is 0.497 e. The third-order valence-corrected chi connectivity index (χ3v) is 4.00. The summed E-state index contributed by atoms with van der Waals surface area (Å²) in [7, 11) is 1.58. The molecule has 0 saturated heterocycles. The van der Waals surface area contributed by atoms with Crippen LogP contribution in [-0.2, 0) is 6.42 Å². The monoisotopic (exact) mass is 380 g/mol. The van der Waals surface area contributed by atoms with Gasteiger partial charge < -0.3 is 20.4 Å². The fraction of sp³-hybridized carbons (Fsp3) is 0.250. The van der Waals surface area contributed by atoms with E-state index in [-0.39, 0.29) is 5.95 Å². The van der Waals surface area contributed by atoms with Gasteiger partial charge >= 0.3 is 6.03 Å². The number of methoxy groups -OCH3 is 1. The lowest BCUT2D eigenvalue weighted by atomic mass is 10.2. The fourth-order valence-corrected chi connectivity index (χ4v) is 2.70. The van der Waals surface area contributed by atoms with Crippen LogP contribution in [0.1, 0.15) is 17.8 Å². The molecule has 0 atom stereocenters. The second-order valence-electron chi connectivity index (χ2n) is 6.25. The lowest BCUT2D eigenvalue weighted by molar-refractivity contribution is 0.262. The maximum absolute atomic E-state index is 12.2. The van der Waals surface area contributed by atoms with Crippen molar-refractivity contribution in [3.63, 3.8) is 0 Å². The van der Waals surface area contributed by atoms with E-state index >= 15 is 0 Å². The highest BCUT2D eigenvalue weighted by Gasteiger charge is 2.08. The van der Waals surface area contributed by atoms with Crippen molar-refractivity contribution in [1.29, 1.82) is 0 Å². The molecule has 0 aliphatic heterocycles. The number of aryl methyl sites for hydroxylation is 2. The zero-order valence-electron chi connectivity index (χ0n) is 16.0. The summed E-state index contributed by atoms with van der Waals surface area (Å²) in [5.74, 6) is 1.58. The minimum atomic E-state index is -0.420. The van der Waals surface area contributed by atoms with E-state index < -0.39 is 6.03 Å². The number of amides is 2. The molecule has 1 aromatic carbocycles. The predicted molar refractivity (Wildman–Crippen MR) is 110 cm³/mol. The number of nitrogens with zero attached hydrogens (tertiary/aromatic N) is 2. The van der Waals surface area contributed by atoms with Crippen molar-refractivity contribution >= 4 is 23.5 Å². The second-order valence-corrected chi connectivity index (χ2v) is 6.25. The minimum absolute atomic E-state index is 0.243. The van der Waals surface area contributed by atoms with Crippen molar-refractivity contribution in [1.82, 2.24) is 15.0 Å². The lowest BCUT2D eigenvalue weighted by Gasteiger charge is -2.10. The highest BCUT2D eigenvalue weighted by Crippen LogP contribution is 2.17. The van der Waals surface area contributed by atoms with Crippen molar-refractivity contribution < 1.29 is 9.53 Å². The molecule has 3 aromatic rings. The van der Waals surface area contributed by atoms with Gasteiger partial charge in [0.05, 0.1) is 7.11 Å². The summed E-state index contributed by atoms with van der Waals surface area (Å²) in [5, 5.41) is 8.67.